The van der Waals surface area contributed by atoms with E-state index >= 15 is 0 Å². The molecule has 0 aromatic carbocycles. The Morgan fingerprint density at radius 3 is 2.77 bits per heavy atom. The van der Waals surface area contributed by atoms with Crippen LogP contribution in [0.3, 0.4) is 0 Å². The molecule has 3 aliphatic rings. The second-order valence-electron chi connectivity index (χ2n) is 9.32. The van der Waals surface area contributed by atoms with E-state index in [-0.39, 0.29) is 60.8 Å². The van der Waals surface area contributed by atoms with E-state index in [1.165, 1.54) is 0 Å². The number of esters is 2. The third-order valence-corrected chi connectivity index (χ3v) is 7.05. The van der Waals surface area contributed by atoms with E-state index in [1.54, 1.807) is 0 Å². The molecule has 0 saturated carbocycles. The van der Waals surface area contributed by atoms with Crippen molar-refractivity contribution >= 4 is 11.9 Å². The van der Waals surface area contributed by atoms with Gasteiger partial charge in [0.15, 0.2) is 0 Å². The minimum absolute atomic E-state index is 0.0147. The van der Waals surface area contributed by atoms with Gasteiger partial charge in [0.2, 0.25) is 0 Å². The van der Waals surface area contributed by atoms with Gasteiger partial charge in [-0.1, -0.05) is 39.0 Å². The largest absolute Gasteiger partial charge is 0.462 e. The van der Waals surface area contributed by atoms with Crippen molar-refractivity contribution in [2.75, 3.05) is 6.61 Å². The highest BCUT2D eigenvalue weighted by molar-refractivity contribution is 5.72. The number of aliphatic hydroxyl groups is 2. The Kier molecular flexibility index (Phi) is 7.75. The Hall–Kier alpha value is -1.66. The van der Waals surface area contributed by atoms with Gasteiger partial charge in [0.25, 0.3) is 0 Å². The number of fused-ring (bicyclic) bond motifs is 1. The molecular weight excluding hydrogens is 384 g/mol. The number of allylic oxidation sites excluding steroid dienone is 2. The molecule has 0 spiro atoms. The molecule has 1 heterocycles. The van der Waals surface area contributed by atoms with Crippen LogP contribution < -0.4 is 0 Å². The summed E-state index contributed by atoms with van der Waals surface area (Å²) in [6, 6.07) is 0. The van der Waals surface area contributed by atoms with Crippen LogP contribution in [-0.2, 0) is 19.1 Å². The minimum Gasteiger partial charge on any atom is -0.462 e. The zero-order valence-corrected chi connectivity index (χ0v) is 18.3. The number of carbonyl (C=O) groups is 2. The van der Waals surface area contributed by atoms with Crippen molar-refractivity contribution in [3.8, 4) is 0 Å². The van der Waals surface area contributed by atoms with Gasteiger partial charge in [0.05, 0.1) is 18.4 Å². The molecule has 1 unspecified atom stereocenters. The molecule has 1 fully saturated rings. The number of cyclic esters (lactones) is 1. The van der Waals surface area contributed by atoms with Crippen LogP contribution in [0.4, 0.5) is 0 Å². The molecule has 6 nitrogen and oxygen atoms in total. The lowest BCUT2D eigenvalue weighted by Gasteiger charge is -2.43. The second-order valence-corrected chi connectivity index (χ2v) is 9.32. The zero-order valence-electron chi connectivity index (χ0n) is 18.3. The predicted octanol–water partition coefficient (Wildman–Crippen LogP) is 3.17. The number of hydrogen-bond acceptors (Lipinski definition) is 6. The fourth-order valence-corrected chi connectivity index (χ4v) is 5.07. The molecule has 1 aliphatic heterocycles. The van der Waals surface area contributed by atoms with Crippen LogP contribution in [0.2, 0.25) is 0 Å². The van der Waals surface area contributed by atoms with E-state index < -0.39 is 6.10 Å². The molecule has 0 aromatic rings. The summed E-state index contributed by atoms with van der Waals surface area (Å²) in [5.41, 5.74) is 1.13. The zero-order chi connectivity index (χ0) is 21.8. The summed E-state index contributed by atoms with van der Waals surface area (Å²) in [6.07, 6.45) is 8.69. The molecular formula is C24H36O6. The molecule has 8 atom stereocenters. The molecule has 30 heavy (non-hydrogen) atoms. The van der Waals surface area contributed by atoms with Crippen molar-refractivity contribution in [2.45, 2.75) is 77.6 Å². The lowest BCUT2D eigenvalue weighted by molar-refractivity contribution is -0.162. The summed E-state index contributed by atoms with van der Waals surface area (Å²) >= 11 is 0. The average Bonchev–Trinajstić information content (AvgIpc) is 2.71. The first-order valence-electron chi connectivity index (χ1n) is 11.4. The van der Waals surface area contributed by atoms with E-state index in [0.29, 0.717) is 25.2 Å². The molecule has 0 amide bonds. The van der Waals surface area contributed by atoms with Gasteiger partial charge >= 0.3 is 11.9 Å². The second kappa shape index (κ2) is 10.1. The van der Waals surface area contributed by atoms with Gasteiger partial charge < -0.3 is 19.7 Å². The summed E-state index contributed by atoms with van der Waals surface area (Å²) in [4.78, 5) is 24.2. The van der Waals surface area contributed by atoms with E-state index in [4.69, 9.17) is 9.47 Å². The topological polar surface area (TPSA) is 93.1 Å². The third-order valence-electron chi connectivity index (χ3n) is 7.05. The lowest BCUT2D eigenvalue weighted by atomic mass is 9.65. The van der Waals surface area contributed by atoms with Crippen LogP contribution in [0.5, 0.6) is 0 Å². The van der Waals surface area contributed by atoms with Crippen LogP contribution >= 0.6 is 0 Å². The minimum atomic E-state index is -0.625. The first-order valence-corrected chi connectivity index (χ1v) is 11.4. The third kappa shape index (κ3) is 5.33. The molecule has 1 saturated heterocycles. The van der Waals surface area contributed by atoms with Crippen molar-refractivity contribution in [3.05, 3.63) is 23.8 Å². The number of carbonyl (C=O) groups excluding carboxylic acids is 2. The quantitative estimate of drug-likeness (QED) is 0.615. The average molecular weight is 421 g/mol. The summed E-state index contributed by atoms with van der Waals surface area (Å²) in [6.45, 7) is 6.07. The van der Waals surface area contributed by atoms with Crippen LogP contribution in [0.25, 0.3) is 0 Å². The van der Waals surface area contributed by atoms with Gasteiger partial charge in [-0.2, -0.15) is 0 Å². The molecule has 6 heteroatoms. The molecule has 3 rings (SSSR count). The van der Waals surface area contributed by atoms with E-state index in [2.05, 4.69) is 25.2 Å². The first-order chi connectivity index (χ1) is 14.3. The van der Waals surface area contributed by atoms with Gasteiger partial charge in [-0.05, 0) is 43.1 Å². The standard InChI is InChI=1S/C24H36O6/c1-4-14(2)24(28)30-21-10-16(13-25)9-17-6-5-15(3)20(23(17)21)8-7-19-11-18(26)12-22(27)29-19/h5-6,9,14-16,18-21,23,25-26H,4,7-8,10-13H2,1-3H3/t14?,15-,16-,18+,19+,20-,21-,23-/m0/s1. The SMILES string of the molecule is CCC(C)C(=O)O[C@H]1C[C@@H](CO)C=C2C=C[C@H](C)[C@H](CC[C@@H]3C[C@@H](O)CC(=O)O3)[C@H]21. The maximum Gasteiger partial charge on any atom is 0.308 e. The van der Waals surface area contributed by atoms with E-state index in [9.17, 15) is 19.8 Å². The first kappa shape index (κ1) is 23.0. The molecule has 0 radical (unpaired) electrons. The number of ether oxygens (including phenoxy) is 2. The van der Waals surface area contributed by atoms with Crippen molar-refractivity contribution in [1.82, 2.24) is 0 Å². The summed E-state index contributed by atoms with van der Waals surface area (Å²) < 4.78 is 11.4. The van der Waals surface area contributed by atoms with Gasteiger partial charge in [0, 0.05) is 24.9 Å². The summed E-state index contributed by atoms with van der Waals surface area (Å²) in [7, 11) is 0. The van der Waals surface area contributed by atoms with Gasteiger partial charge in [-0.25, -0.2) is 0 Å². The normalized spacial score (nSPS) is 37.0. The number of aliphatic hydroxyl groups excluding tert-OH is 2. The number of rotatable bonds is 7. The number of hydrogen-bond donors (Lipinski definition) is 2. The lowest BCUT2D eigenvalue weighted by Crippen LogP contribution is -2.42. The molecule has 2 N–H and O–H groups in total. The summed E-state index contributed by atoms with van der Waals surface area (Å²) in [5, 5.41) is 19.6. The Bertz CT molecular complexity index is 683. The fraction of sp³-hybridized carbons (Fsp3) is 0.750. The molecule has 0 aromatic heterocycles. The van der Waals surface area contributed by atoms with Crippen LogP contribution in [0.1, 0.15) is 59.3 Å². The van der Waals surface area contributed by atoms with Crippen LogP contribution in [-0.4, -0.2) is 47.1 Å². The Morgan fingerprint density at radius 2 is 2.10 bits per heavy atom. The fourth-order valence-electron chi connectivity index (χ4n) is 5.07. The highest BCUT2D eigenvalue weighted by Crippen LogP contribution is 2.45. The van der Waals surface area contributed by atoms with E-state index in [0.717, 1.165) is 18.4 Å². The van der Waals surface area contributed by atoms with Crippen molar-refractivity contribution < 1.29 is 29.3 Å². The Labute approximate surface area is 179 Å². The van der Waals surface area contributed by atoms with Gasteiger partial charge in [0.1, 0.15) is 12.2 Å². The van der Waals surface area contributed by atoms with Gasteiger partial charge in [-0.15, -0.1) is 0 Å². The highest BCUT2D eigenvalue weighted by Gasteiger charge is 2.42. The maximum absolute atomic E-state index is 12.6. The molecule has 0 bridgehead atoms. The summed E-state index contributed by atoms with van der Waals surface area (Å²) in [5.74, 6) is -0.0556. The van der Waals surface area contributed by atoms with E-state index in [1.807, 2.05) is 13.8 Å². The van der Waals surface area contributed by atoms with Gasteiger partial charge in [-0.3, -0.25) is 9.59 Å². The van der Waals surface area contributed by atoms with Crippen molar-refractivity contribution in [3.63, 3.8) is 0 Å². The Balaban J connectivity index is 1.77. The highest BCUT2D eigenvalue weighted by atomic mass is 16.5. The van der Waals surface area contributed by atoms with Crippen LogP contribution in [0.15, 0.2) is 23.8 Å². The van der Waals surface area contributed by atoms with Crippen LogP contribution in [0, 0.1) is 29.6 Å². The molecule has 168 valence electrons. The maximum atomic E-state index is 12.6. The predicted molar refractivity (Wildman–Crippen MR) is 112 cm³/mol. The van der Waals surface area contributed by atoms with Crippen molar-refractivity contribution in [2.24, 2.45) is 29.6 Å². The molecule has 2 aliphatic carbocycles. The smallest absolute Gasteiger partial charge is 0.308 e. The monoisotopic (exact) mass is 420 g/mol. The Morgan fingerprint density at radius 1 is 1.33 bits per heavy atom. The van der Waals surface area contributed by atoms with Crippen molar-refractivity contribution in [1.29, 1.82) is 0 Å².